The van der Waals surface area contributed by atoms with Crippen LogP contribution in [0.3, 0.4) is 0 Å². The molecule has 1 heterocycles. The first kappa shape index (κ1) is 16.5. The molecule has 0 bridgehead atoms. The fourth-order valence-electron chi connectivity index (χ4n) is 4.24. The number of rotatable bonds is 3. The molecular weight excluding hydrogens is 284 g/mol. The van der Waals surface area contributed by atoms with E-state index in [0.717, 1.165) is 12.5 Å². The van der Waals surface area contributed by atoms with E-state index >= 15 is 0 Å². The van der Waals surface area contributed by atoms with Gasteiger partial charge in [-0.2, -0.15) is 0 Å². The van der Waals surface area contributed by atoms with Gasteiger partial charge in [0.05, 0.1) is 6.04 Å². The lowest BCUT2D eigenvalue weighted by Gasteiger charge is -2.46. The third-order valence-electron chi connectivity index (χ3n) is 6.21. The lowest BCUT2D eigenvalue weighted by Crippen LogP contribution is -2.62. The van der Waals surface area contributed by atoms with Gasteiger partial charge in [0.1, 0.15) is 0 Å². The van der Waals surface area contributed by atoms with Gasteiger partial charge < -0.3 is 4.90 Å². The van der Waals surface area contributed by atoms with E-state index in [-0.39, 0.29) is 18.0 Å². The Morgan fingerprint density at radius 3 is 2.22 bits per heavy atom. The number of piperazine rings is 1. The molecule has 2 fully saturated rings. The summed E-state index contributed by atoms with van der Waals surface area (Å²) in [5.74, 6) is 1.00. The lowest BCUT2D eigenvalue weighted by molar-refractivity contribution is -0.146. The molecule has 1 amide bonds. The van der Waals surface area contributed by atoms with Crippen LogP contribution in [0.5, 0.6) is 0 Å². The third-order valence-corrected chi connectivity index (χ3v) is 6.21. The molecule has 2 aliphatic rings. The summed E-state index contributed by atoms with van der Waals surface area (Å²) in [5, 5.41) is 0. The van der Waals surface area contributed by atoms with Crippen LogP contribution < -0.4 is 0 Å². The highest BCUT2D eigenvalue weighted by molar-refractivity contribution is 5.82. The second-order valence-electron chi connectivity index (χ2n) is 7.50. The lowest BCUT2D eigenvalue weighted by atomic mass is 9.95. The van der Waals surface area contributed by atoms with Gasteiger partial charge in [-0.05, 0) is 50.7 Å². The summed E-state index contributed by atoms with van der Waals surface area (Å²) in [7, 11) is 1.92. The van der Waals surface area contributed by atoms with Crippen molar-refractivity contribution in [2.24, 2.45) is 0 Å². The van der Waals surface area contributed by atoms with Crippen LogP contribution in [0.25, 0.3) is 0 Å². The van der Waals surface area contributed by atoms with Crippen LogP contribution in [0, 0.1) is 0 Å². The molecule has 0 aromatic heterocycles. The van der Waals surface area contributed by atoms with Crippen molar-refractivity contribution in [1.29, 1.82) is 0 Å². The molecule has 3 unspecified atom stereocenters. The summed E-state index contributed by atoms with van der Waals surface area (Å²) >= 11 is 0. The predicted molar refractivity (Wildman–Crippen MR) is 94.4 cm³/mol. The molecule has 1 aliphatic heterocycles. The number of benzene rings is 1. The van der Waals surface area contributed by atoms with Gasteiger partial charge in [-0.15, -0.1) is 0 Å². The van der Waals surface area contributed by atoms with Crippen molar-refractivity contribution in [3.05, 3.63) is 35.4 Å². The maximum absolute atomic E-state index is 12.4. The highest BCUT2D eigenvalue weighted by Crippen LogP contribution is 2.34. The quantitative estimate of drug-likeness (QED) is 0.847. The SMILES string of the molecule is CC1C(C)N(Cc2ccc(C3CCCC3)cc2)C(C)C(=O)N1C. The fourth-order valence-corrected chi connectivity index (χ4v) is 4.24. The molecule has 126 valence electrons. The van der Waals surface area contributed by atoms with Crippen LogP contribution in [0.4, 0.5) is 0 Å². The molecule has 3 rings (SSSR count). The third kappa shape index (κ3) is 3.16. The zero-order chi connectivity index (χ0) is 16.6. The molecule has 0 spiro atoms. The number of likely N-dealkylation sites (N-methyl/N-ethyl adjacent to an activating group) is 1. The first-order valence-corrected chi connectivity index (χ1v) is 9.10. The van der Waals surface area contributed by atoms with E-state index in [9.17, 15) is 4.79 Å². The summed E-state index contributed by atoms with van der Waals surface area (Å²) < 4.78 is 0. The van der Waals surface area contributed by atoms with Gasteiger partial charge in [0.2, 0.25) is 5.91 Å². The number of nitrogens with zero attached hydrogens (tertiary/aromatic N) is 2. The molecular formula is C20H30N2O. The maximum atomic E-state index is 12.4. The van der Waals surface area contributed by atoms with Gasteiger partial charge in [-0.25, -0.2) is 0 Å². The van der Waals surface area contributed by atoms with E-state index in [1.807, 2.05) is 18.9 Å². The first-order valence-electron chi connectivity index (χ1n) is 9.10. The van der Waals surface area contributed by atoms with E-state index in [1.165, 1.54) is 36.8 Å². The molecule has 3 heteroatoms. The standard InChI is InChI=1S/C20H30N2O/c1-14-15(2)22(16(3)20(23)21(14)4)13-17-9-11-19(12-10-17)18-7-5-6-8-18/h9-12,14-16,18H,5-8,13H2,1-4H3. The van der Waals surface area contributed by atoms with E-state index in [2.05, 4.69) is 43.0 Å². The van der Waals surface area contributed by atoms with Crippen molar-refractivity contribution in [1.82, 2.24) is 9.80 Å². The minimum Gasteiger partial charge on any atom is -0.340 e. The average molecular weight is 314 g/mol. The number of carbonyl (C=O) groups excluding carboxylic acids is 1. The molecule has 1 saturated carbocycles. The zero-order valence-corrected chi connectivity index (χ0v) is 15.0. The van der Waals surface area contributed by atoms with Crippen LogP contribution >= 0.6 is 0 Å². The Balaban J connectivity index is 1.71. The minimum atomic E-state index is -0.0410. The van der Waals surface area contributed by atoms with Crippen molar-refractivity contribution in [3.8, 4) is 0 Å². The molecule has 1 aliphatic carbocycles. The molecule has 1 saturated heterocycles. The van der Waals surface area contributed by atoms with E-state index in [1.54, 1.807) is 0 Å². The van der Waals surface area contributed by atoms with Crippen molar-refractivity contribution in [2.75, 3.05) is 7.05 Å². The number of hydrogen-bond donors (Lipinski definition) is 0. The molecule has 0 radical (unpaired) electrons. The smallest absolute Gasteiger partial charge is 0.239 e. The number of amides is 1. The Bertz CT molecular complexity index is 547. The Morgan fingerprint density at radius 1 is 1.00 bits per heavy atom. The van der Waals surface area contributed by atoms with Gasteiger partial charge in [-0.1, -0.05) is 37.1 Å². The molecule has 3 nitrogen and oxygen atoms in total. The van der Waals surface area contributed by atoms with Crippen LogP contribution in [0.2, 0.25) is 0 Å². The largest absolute Gasteiger partial charge is 0.340 e. The Hall–Kier alpha value is -1.35. The second-order valence-corrected chi connectivity index (χ2v) is 7.50. The van der Waals surface area contributed by atoms with Crippen LogP contribution in [0.1, 0.15) is 63.5 Å². The Morgan fingerprint density at radius 2 is 1.61 bits per heavy atom. The Labute approximate surface area is 140 Å². The topological polar surface area (TPSA) is 23.6 Å². The minimum absolute atomic E-state index is 0.0410. The van der Waals surface area contributed by atoms with Gasteiger partial charge in [0, 0.05) is 25.7 Å². The van der Waals surface area contributed by atoms with Crippen LogP contribution in [0.15, 0.2) is 24.3 Å². The molecule has 3 atom stereocenters. The molecule has 23 heavy (non-hydrogen) atoms. The van der Waals surface area contributed by atoms with Crippen molar-refractivity contribution in [3.63, 3.8) is 0 Å². The molecule has 0 N–H and O–H groups in total. The van der Waals surface area contributed by atoms with Gasteiger partial charge in [-0.3, -0.25) is 9.69 Å². The Kier molecular flexibility index (Phi) is 4.77. The van der Waals surface area contributed by atoms with Crippen molar-refractivity contribution >= 4 is 5.91 Å². The normalized spacial score (nSPS) is 30.2. The summed E-state index contributed by atoms with van der Waals surface area (Å²) in [5.41, 5.74) is 2.81. The number of carbonyl (C=O) groups is 1. The van der Waals surface area contributed by atoms with Crippen molar-refractivity contribution < 1.29 is 4.79 Å². The average Bonchev–Trinajstić information content (AvgIpc) is 3.10. The van der Waals surface area contributed by atoms with Crippen molar-refractivity contribution in [2.45, 2.75) is 77.0 Å². The fraction of sp³-hybridized carbons (Fsp3) is 0.650. The second kappa shape index (κ2) is 6.64. The van der Waals surface area contributed by atoms with Gasteiger partial charge in [0.25, 0.3) is 0 Å². The van der Waals surface area contributed by atoms with Crippen LogP contribution in [-0.4, -0.2) is 40.9 Å². The molecule has 1 aromatic carbocycles. The summed E-state index contributed by atoms with van der Waals surface area (Å²) in [6.07, 6.45) is 5.45. The predicted octanol–water partition coefficient (Wildman–Crippen LogP) is 3.78. The highest BCUT2D eigenvalue weighted by Gasteiger charge is 2.38. The summed E-state index contributed by atoms with van der Waals surface area (Å²) in [6.45, 7) is 7.27. The van der Waals surface area contributed by atoms with Gasteiger partial charge in [0.15, 0.2) is 0 Å². The monoisotopic (exact) mass is 314 g/mol. The van der Waals surface area contributed by atoms with E-state index in [4.69, 9.17) is 0 Å². The first-order chi connectivity index (χ1) is 11.0. The van der Waals surface area contributed by atoms with E-state index in [0.29, 0.717) is 6.04 Å². The molecule has 1 aromatic rings. The maximum Gasteiger partial charge on any atom is 0.239 e. The summed E-state index contributed by atoms with van der Waals surface area (Å²) in [4.78, 5) is 16.6. The van der Waals surface area contributed by atoms with Crippen LogP contribution in [-0.2, 0) is 11.3 Å². The zero-order valence-electron chi connectivity index (χ0n) is 15.0. The summed E-state index contributed by atoms with van der Waals surface area (Å²) in [6, 6.07) is 9.74. The van der Waals surface area contributed by atoms with Gasteiger partial charge >= 0.3 is 0 Å². The highest BCUT2D eigenvalue weighted by atomic mass is 16.2. The van der Waals surface area contributed by atoms with E-state index < -0.39 is 0 Å². The number of hydrogen-bond acceptors (Lipinski definition) is 2.